The smallest absolute Gasteiger partial charge is 0.0906 e. The van der Waals surface area contributed by atoms with Crippen LogP contribution in [-0.4, -0.2) is 31.7 Å². The Kier molecular flexibility index (Phi) is 4.97. The van der Waals surface area contributed by atoms with Gasteiger partial charge in [0, 0.05) is 6.54 Å². The number of hydrogen-bond donors (Lipinski definition) is 0. The minimum atomic E-state index is -0.190. The highest BCUT2D eigenvalue weighted by atomic mass is 19.1. The molecule has 0 fully saturated rings. The molecule has 0 saturated heterocycles. The van der Waals surface area contributed by atoms with E-state index in [0.717, 1.165) is 13.1 Å². The molecule has 0 aliphatic heterocycles. The first-order chi connectivity index (χ1) is 3.81. The number of rotatable bonds is 4. The highest BCUT2D eigenvalue weighted by molar-refractivity contribution is 4.44. The Bertz CT molecular complexity index is 47.8. The van der Waals surface area contributed by atoms with E-state index in [1.807, 2.05) is 7.05 Å². The second kappa shape index (κ2) is 5.04. The van der Waals surface area contributed by atoms with E-state index in [2.05, 4.69) is 11.8 Å². The second-order valence-electron chi connectivity index (χ2n) is 1.94. The predicted molar refractivity (Wildman–Crippen MR) is 33.8 cm³/mol. The average molecular weight is 119 g/mol. The van der Waals surface area contributed by atoms with Crippen molar-refractivity contribution in [1.82, 2.24) is 4.90 Å². The monoisotopic (exact) mass is 119 g/mol. The van der Waals surface area contributed by atoms with E-state index in [1.165, 1.54) is 0 Å². The first kappa shape index (κ1) is 7.89. The molecule has 0 heterocycles. The molecule has 0 rings (SSSR count). The molecule has 8 heavy (non-hydrogen) atoms. The van der Waals surface area contributed by atoms with Crippen molar-refractivity contribution in [3.8, 4) is 0 Å². The van der Waals surface area contributed by atoms with E-state index < -0.39 is 0 Å². The summed E-state index contributed by atoms with van der Waals surface area (Å²) in [4.78, 5) is 2.10. The highest BCUT2D eigenvalue weighted by Gasteiger charge is 1.90. The summed E-state index contributed by atoms with van der Waals surface area (Å²) >= 11 is 0. The van der Waals surface area contributed by atoms with Gasteiger partial charge in [-0.15, -0.1) is 0 Å². The van der Waals surface area contributed by atoms with Gasteiger partial charge in [0.15, 0.2) is 0 Å². The van der Waals surface area contributed by atoms with Crippen LogP contribution in [0.25, 0.3) is 0 Å². The summed E-state index contributed by atoms with van der Waals surface area (Å²) in [5, 5.41) is 0. The van der Waals surface area contributed by atoms with Crippen molar-refractivity contribution in [1.29, 1.82) is 0 Å². The lowest BCUT2D eigenvalue weighted by molar-refractivity contribution is 0.323. The molecule has 0 amide bonds. The van der Waals surface area contributed by atoms with Gasteiger partial charge in [-0.25, -0.2) is 0 Å². The van der Waals surface area contributed by atoms with Crippen LogP contribution in [0.4, 0.5) is 4.39 Å². The molecule has 0 aromatic heterocycles. The van der Waals surface area contributed by atoms with Gasteiger partial charge in [-0.1, -0.05) is 6.92 Å². The third-order valence-corrected chi connectivity index (χ3v) is 1.21. The number of hydrogen-bond acceptors (Lipinski definition) is 1. The molecule has 0 N–H and O–H groups in total. The van der Waals surface area contributed by atoms with Crippen molar-refractivity contribution in [2.45, 2.75) is 13.3 Å². The largest absolute Gasteiger partial charge is 0.307 e. The lowest BCUT2D eigenvalue weighted by Gasteiger charge is -2.10. The number of alkyl halides is 1. The molecule has 50 valence electrons. The van der Waals surface area contributed by atoms with Gasteiger partial charge >= 0.3 is 0 Å². The molecule has 0 unspecified atom stereocenters. The van der Waals surface area contributed by atoms with E-state index in [9.17, 15) is 4.39 Å². The SMILES string of the molecule is CCN(C)CCCF. The third kappa shape index (κ3) is 4.06. The topological polar surface area (TPSA) is 3.24 Å². The second-order valence-corrected chi connectivity index (χ2v) is 1.94. The predicted octanol–water partition coefficient (Wildman–Crippen LogP) is 1.30. The van der Waals surface area contributed by atoms with Gasteiger partial charge in [0.2, 0.25) is 0 Å². The van der Waals surface area contributed by atoms with Crippen LogP contribution in [0.3, 0.4) is 0 Å². The van der Waals surface area contributed by atoms with Crippen LogP contribution < -0.4 is 0 Å². The maximum Gasteiger partial charge on any atom is 0.0906 e. The summed E-state index contributed by atoms with van der Waals surface area (Å²) < 4.78 is 11.5. The van der Waals surface area contributed by atoms with Crippen molar-refractivity contribution >= 4 is 0 Å². The Morgan fingerprint density at radius 2 is 2.12 bits per heavy atom. The average Bonchev–Trinajstić information content (AvgIpc) is 1.83. The molecule has 0 radical (unpaired) electrons. The van der Waals surface area contributed by atoms with Gasteiger partial charge in [0.05, 0.1) is 6.67 Å². The molecular weight excluding hydrogens is 105 g/mol. The van der Waals surface area contributed by atoms with E-state index in [4.69, 9.17) is 0 Å². The Balaban J connectivity index is 2.86. The zero-order chi connectivity index (χ0) is 6.41. The van der Waals surface area contributed by atoms with Gasteiger partial charge < -0.3 is 4.90 Å². The van der Waals surface area contributed by atoms with Gasteiger partial charge in [-0.2, -0.15) is 0 Å². The van der Waals surface area contributed by atoms with E-state index in [0.29, 0.717) is 6.42 Å². The fourth-order valence-electron chi connectivity index (χ4n) is 0.488. The van der Waals surface area contributed by atoms with Gasteiger partial charge in [0.25, 0.3) is 0 Å². The maximum absolute atomic E-state index is 11.5. The summed E-state index contributed by atoms with van der Waals surface area (Å²) in [7, 11) is 2.00. The van der Waals surface area contributed by atoms with Crippen molar-refractivity contribution in [2.24, 2.45) is 0 Å². The molecule has 1 nitrogen and oxygen atoms in total. The number of halogens is 1. The minimum absolute atomic E-state index is 0.190. The quantitative estimate of drug-likeness (QED) is 0.539. The standard InChI is InChI=1S/C6H14FN/c1-3-8(2)6-4-5-7/h3-6H2,1-2H3. The molecule has 0 aliphatic carbocycles. The van der Waals surface area contributed by atoms with Crippen molar-refractivity contribution in [3.05, 3.63) is 0 Å². The Hall–Kier alpha value is -0.110. The molecule has 0 aromatic rings. The summed E-state index contributed by atoms with van der Waals surface area (Å²) in [6.07, 6.45) is 0.671. The first-order valence-electron chi connectivity index (χ1n) is 3.05. The third-order valence-electron chi connectivity index (χ3n) is 1.21. The van der Waals surface area contributed by atoms with Crippen LogP contribution >= 0.6 is 0 Å². The van der Waals surface area contributed by atoms with E-state index in [-0.39, 0.29) is 6.67 Å². The van der Waals surface area contributed by atoms with E-state index in [1.54, 1.807) is 0 Å². The molecule has 0 saturated carbocycles. The fraction of sp³-hybridized carbons (Fsp3) is 1.00. The summed E-state index contributed by atoms with van der Waals surface area (Å²) in [5.74, 6) is 0. The van der Waals surface area contributed by atoms with Crippen molar-refractivity contribution in [2.75, 3.05) is 26.8 Å². The van der Waals surface area contributed by atoms with Gasteiger partial charge in [-0.05, 0) is 20.0 Å². The van der Waals surface area contributed by atoms with Crippen LogP contribution in [-0.2, 0) is 0 Å². The van der Waals surface area contributed by atoms with Crippen LogP contribution in [0.5, 0.6) is 0 Å². The van der Waals surface area contributed by atoms with Crippen LogP contribution in [0.15, 0.2) is 0 Å². The van der Waals surface area contributed by atoms with Crippen molar-refractivity contribution in [3.63, 3.8) is 0 Å². The molecule has 2 heteroatoms. The molecule has 0 aromatic carbocycles. The molecule has 0 aliphatic rings. The summed E-state index contributed by atoms with van der Waals surface area (Å²) in [6, 6.07) is 0. The van der Waals surface area contributed by atoms with E-state index >= 15 is 0 Å². The lowest BCUT2D eigenvalue weighted by Crippen LogP contribution is -2.18. The normalized spacial score (nSPS) is 10.5. The van der Waals surface area contributed by atoms with Crippen LogP contribution in [0.1, 0.15) is 13.3 Å². The molecular formula is C6H14FN. The Labute approximate surface area is 50.5 Å². The molecule has 0 bridgehead atoms. The summed E-state index contributed by atoms with van der Waals surface area (Å²) in [6.45, 7) is 3.77. The van der Waals surface area contributed by atoms with Gasteiger partial charge in [-0.3, -0.25) is 4.39 Å². The minimum Gasteiger partial charge on any atom is -0.307 e. The fourth-order valence-corrected chi connectivity index (χ4v) is 0.488. The number of nitrogens with zero attached hydrogens (tertiary/aromatic N) is 1. The van der Waals surface area contributed by atoms with Crippen molar-refractivity contribution < 1.29 is 4.39 Å². The first-order valence-corrected chi connectivity index (χ1v) is 3.05. The zero-order valence-electron chi connectivity index (χ0n) is 5.65. The van der Waals surface area contributed by atoms with Crippen LogP contribution in [0, 0.1) is 0 Å². The highest BCUT2D eigenvalue weighted by Crippen LogP contribution is 1.85. The van der Waals surface area contributed by atoms with Gasteiger partial charge in [0.1, 0.15) is 0 Å². The molecule has 0 spiro atoms. The maximum atomic E-state index is 11.5. The lowest BCUT2D eigenvalue weighted by atomic mass is 10.4. The van der Waals surface area contributed by atoms with Crippen LogP contribution in [0.2, 0.25) is 0 Å². The summed E-state index contributed by atoms with van der Waals surface area (Å²) in [5.41, 5.74) is 0. The Morgan fingerprint density at radius 1 is 1.50 bits per heavy atom. The molecule has 0 atom stereocenters. The Morgan fingerprint density at radius 3 is 2.50 bits per heavy atom. The zero-order valence-corrected chi connectivity index (χ0v) is 5.65.